The minimum atomic E-state index is -4.13. The van der Waals surface area contributed by atoms with Crippen LogP contribution in [0, 0.1) is 6.92 Å². The van der Waals surface area contributed by atoms with E-state index in [9.17, 15) is 18.0 Å². The Hall–Kier alpha value is -2.88. The Bertz CT molecular complexity index is 1430. The normalized spacial score (nSPS) is 14.5. The molecule has 212 valence electrons. The summed E-state index contributed by atoms with van der Waals surface area (Å²) in [5.74, 6) is -0.741. The van der Waals surface area contributed by atoms with Crippen LogP contribution in [-0.4, -0.2) is 43.8 Å². The fourth-order valence-electron chi connectivity index (χ4n) is 4.73. The molecule has 0 bridgehead atoms. The van der Waals surface area contributed by atoms with E-state index in [0.29, 0.717) is 10.7 Å². The van der Waals surface area contributed by atoms with Gasteiger partial charge in [-0.2, -0.15) is 0 Å². The van der Waals surface area contributed by atoms with E-state index in [2.05, 4.69) is 21.2 Å². The van der Waals surface area contributed by atoms with Gasteiger partial charge in [-0.05, 0) is 80.8 Å². The highest BCUT2D eigenvalue weighted by Crippen LogP contribution is 2.26. The lowest BCUT2D eigenvalue weighted by Gasteiger charge is -2.32. The maximum absolute atomic E-state index is 14.0. The molecule has 0 saturated heterocycles. The number of anilines is 1. The quantitative estimate of drug-likeness (QED) is 0.289. The lowest BCUT2D eigenvalue weighted by Crippen LogP contribution is -2.52. The highest BCUT2D eigenvalue weighted by molar-refractivity contribution is 9.10. The van der Waals surface area contributed by atoms with Gasteiger partial charge in [-0.1, -0.05) is 70.2 Å². The molecule has 10 heteroatoms. The van der Waals surface area contributed by atoms with Gasteiger partial charge in [0.1, 0.15) is 12.6 Å². The zero-order valence-electron chi connectivity index (χ0n) is 22.5. The van der Waals surface area contributed by atoms with Gasteiger partial charge < -0.3 is 10.2 Å². The molecular formula is C30H33BrClN3O4S. The van der Waals surface area contributed by atoms with Crippen LogP contribution in [0.5, 0.6) is 0 Å². The molecular weight excluding hydrogens is 614 g/mol. The molecule has 1 unspecified atom stereocenters. The lowest BCUT2D eigenvalue weighted by atomic mass is 10.1. The number of sulfonamides is 1. The van der Waals surface area contributed by atoms with Crippen LogP contribution in [0.1, 0.15) is 43.7 Å². The molecule has 7 nitrogen and oxygen atoms in total. The number of halogens is 2. The van der Waals surface area contributed by atoms with E-state index < -0.39 is 28.5 Å². The summed E-state index contributed by atoms with van der Waals surface area (Å²) in [6, 6.07) is 19.5. The van der Waals surface area contributed by atoms with Crippen molar-refractivity contribution in [1.29, 1.82) is 0 Å². The standard InChI is InChI=1S/C30H33BrClN3O4S/c1-21-7-15-27(16-8-21)35(40(38,39)28-17-13-25(32)14-18-28)20-29(36)34(19-23-9-11-24(31)12-10-23)22(2)30(37)33-26-5-3-4-6-26/h7-18,22,26H,3-6,19-20H2,1-2H3,(H,33,37). The highest BCUT2D eigenvalue weighted by Gasteiger charge is 2.33. The first-order chi connectivity index (χ1) is 19.0. The van der Waals surface area contributed by atoms with Crippen LogP contribution in [0.25, 0.3) is 0 Å². The number of benzene rings is 3. The van der Waals surface area contributed by atoms with E-state index in [1.54, 1.807) is 31.2 Å². The monoisotopic (exact) mass is 645 g/mol. The Morgan fingerprint density at radius 3 is 2.17 bits per heavy atom. The fourth-order valence-corrected chi connectivity index (χ4v) is 6.54. The van der Waals surface area contributed by atoms with Crippen molar-refractivity contribution < 1.29 is 18.0 Å². The summed E-state index contributed by atoms with van der Waals surface area (Å²) in [6.07, 6.45) is 3.96. The number of hydrogen-bond acceptors (Lipinski definition) is 4. The van der Waals surface area contributed by atoms with E-state index >= 15 is 0 Å². The first kappa shape index (κ1) is 30.1. The number of nitrogens with zero attached hydrogens (tertiary/aromatic N) is 2. The van der Waals surface area contributed by atoms with E-state index in [4.69, 9.17) is 11.6 Å². The van der Waals surface area contributed by atoms with Crippen LogP contribution >= 0.6 is 27.5 Å². The first-order valence-corrected chi connectivity index (χ1v) is 15.8. The Kier molecular flexibility index (Phi) is 9.92. The van der Waals surface area contributed by atoms with Gasteiger partial charge in [0.05, 0.1) is 10.6 Å². The van der Waals surface area contributed by atoms with Crippen LogP contribution in [0.2, 0.25) is 5.02 Å². The summed E-state index contributed by atoms with van der Waals surface area (Å²) >= 11 is 9.43. The van der Waals surface area contributed by atoms with Crippen molar-refractivity contribution in [3.05, 3.63) is 93.4 Å². The number of rotatable bonds is 10. The Morgan fingerprint density at radius 2 is 1.57 bits per heavy atom. The predicted molar refractivity (Wildman–Crippen MR) is 162 cm³/mol. The van der Waals surface area contributed by atoms with Crippen LogP contribution in [-0.2, 0) is 26.2 Å². The molecule has 1 aliphatic carbocycles. The minimum absolute atomic E-state index is 0.0109. The number of nitrogens with one attached hydrogen (secondary N) is 1. The summed E-state index contributed by atoms with van der Waals surface area (Å²) in [6.45, 7) is 3.25. The third-order valence-electron chi connectivity index (χ3n) is 7.14. The number of carbonyl (C=O) groups excluding carboxylic acids is 2. The van der Waals surface area contributed by atoms with Gasteiger partial charge >= 0.3 is 0 Å². The van der Waals surface area contributed by atoms with E-state index in [1.165, 1.54) is 29.2 Å². The Balaban J connectivity index is 1.67. The molecule has 40 heavy (non-hydrogen) atoms. The average Bonchev–Trinajstić information content (AvgIpc) is 3.44. The van der Waals surface area contributed by atoms with Crippen molar-refractivity contribution in [2.75, 3.05) is 10.8 Å². The Morgan fingerprint density at radius 1 is 0.975 bits per heavy atom. The van der Waals surface area contributed by atoms with Crippen molar-refractivity contribution >= 4 is 55.1 Å². The first-order valence-electron chi connectivity index (χ1n) is 13.2. The largest absolute Gasteiger partial charge is 0.352 e. The third-order valence-corrected chi connectivity index (χ3v) is 9.71. The summed E-state index contributed by atoms with van der Waals surface area (Å²) in [5.41, 5.74) is 2.12. The van der Waals surface area contributed by atoms with Crippen LogP contribution in [0.15, 0.2) is 82.2 Å². The van der Waals surface area contributed by atoms with Crippen LogP contribution in [0.4, 0.5) is 5.69 Å². The zero-order chi connectivity index (χ0) is 28.9. The lowest BCUT2D eigenvalue weighted by molar-refractivity contribution is -0.139. The van der Waals surface area contributed by atoms with Crippen molar-refractivity contribution in [1.82, 2.24) is 10.2 Å². The van der Waals surface area contributed by atoms with Crippen LogP contribution in [0.3, 0.4) is 0 Å². The van der Waals surface area contributed by atoms with Crippen molar-refractivity contribution in [3.8, 4) is 0 Å². The van der Waals surface area contributed by atoms with Gasteiger partial charge in [-0.15, -0.1) is 0 Å². The molecule has 1 atom stereocenters. The molecule has 0 heterocycles. The van der Waals surface area contributed by atoms with Gasteiger partial charge in [0, 0.05) is 22.1 Å². The number of aryl methyl sites for hydroxylation is 1. The number of carbonyl (C=O) groups is 2. The van der Waals surface area contributed by atoms with Gasteiger partial charge in [0.15, 0.2) is 0 Å². The third kappa shape index (κ3) is 7.44. The average molecular weight is 647 g/mol. The molecule has 0 spiro atoms. The molecule has 1 N–H and O–H groups in total. The van der Waals surface area contributed by atoms with Gasteiger partial charge in [0.2, 0.25) is 11.8 Å². The predicted octanol–water partition coefficient (Wildman–Crippen LogP) is 6.08. The maximum Gasteiger partial charge on any atom is 0.264 e. The minimum Gasteiger partial charge on any atom is -0.352 e. The SMILES string of the molecule is Cc1ccc(N(CC(=O)N(Cc2ccc(Br)cc2)C(C)C(=O)NC2CCCC2)S(=O)(=O)c2ccc(Cl)cc2)cc1. The molecule has 0 radical (unpaired) electrons. The molecule has 4 rings (SSSR count). The summed E-state index contributed by atoms with van der Waals surface area (Å²) in [7, 11) is -4.13. The zero-order valence-corrected chi connectivity index (χ0v) is 25.7. The molecule has 0 aliphatic heterocycles. The second kappa shape index (κ2) is 13.2. The Labute approximate surface area is 249 Å². The summed E-state index contributed by atoms with van der Waals surface area (Å²) in [5, 5.41) is 3.48. The molecule has 1 fully saturated rings. The second-order valence-electron chi connectivity index (χ2n) is 10.1. The smallest absolute Gasteiger partial charge is 0.264 e. The number of hydrogen-bond donors (Lipinski definition) is 1. The molecule has 0 aromatic heterocycles. The number of amides is 2. The maximum atomic E-state index is 14.0. The van der Waals surface area contributed by atoms with E-state index in [-0.39, 0.29) is 23.4 Å². The molecule has 2 amide bonds. The van der Waals surface area contributed by atoms with Crippen molar-refractivity contribution in [2.45, 2.75) is 63.1 Å². The van der Waals surface area contributed by atoms with Gasteiger partial charge in [-0.3, -0.25) is 13.9 Å². The highest BCUT2D eigenvalue weighted by atomic mass is 79.9. The summed E-state index contributed by atoms with van der Waals surface area (Å²) < 4.78 is 29.7. The van der Waals surface area contributed by atoms with Crippen LogP contribution < -0.4 is 9.62 Å². The topological polar surface area (TPSA) is 86.8 Å². The van der Waals surface area contributed by atoms with E-state index in [0.717, 1.165) is 45.6 Å². The fraction of sp³-hybridized carbons (Fsp3) is 0.333. The second-order valence-corrected chi connectivity index (χ2v) is 13.3. The molecule has 3 aromatic rings. The summed E-state index contributed by atoms with van der Waals surface area (Å²) in [4.78, 5) is 28.7. The molecule has 3 aromatic carbocycles. The van der Waals surface area contributed by atoms with Gasteiger partial charge in [0.25, 0.3) is 10.0 Å². The van der Waals surface area contributed by atoms with Crippen molar-refractivity contribution in [3.63, 3.8) is 0 Å². The van der Waals surface area contributed by atoms with Crippen molar-refractivity contribution in [2.24, 2.45) is 0 Å². The van der Waals surface area contributed by atoms with E-state index in [1.807, 2.05) is 31.2 Å². The molecule has 1 aliphatic rings. The van der Waals surface area contributed by atoms with Gasteiger partial charge in [-0.25, -0.2) is 8.42 Å². The molecule has 1 saturated carbocycles.